The molecular weight excluding hydrogens is 246 g/mol. The molecule has 0 radical (unpaired) electrons. The molecule has 0 spiro atoms. The number of hydrogen-bond acceptors (Lipinski definition) is 3. The van der Waals surface area contributed by atoms with Crippen LogP contribution in [0.15, 0.2) is 24.3 Å². The first-order valence-corrected chi connectivity index (χ1v) is 8.05. The molecule has 3 heteroatoms. The SMILES string of the molecule is CCN1CCN(CC2NCCc3ccccc32)CC1C. The molecule has 1 aromatic carbocycles. The average Bonchev–Trinajstić information content (AvgIpc) is 2.48. The van der Waals surface area contributed by atoms with Crippen molar-refractivity contribution in [3.05, 3.63) is 35.4 Å². The number of piperazine rings is 1. The number of hydrogen-bond donors (Lipinski definition) is 1. The van der Waals surface area contributed by atoms with Crippen LogP contribution in [0.5, 0.6) is 0 Å². The minimum absolute atomic E-state index is 0.514. The van der Waals surface area contributed by atoms with E-state index in [1.165, 1.54) is 43.7 Å². The van der Waals surface area contributed by atoms with Crippen LogP contribution in [-0.4, -0.2) is 55.1 Å². The third-order valence-electron chi connectivity index (χ3n) is 4.91. The highest BCUT2D eigenvalue weighted by molar-refractivity contribution is 5.32. The summed E-state index contributed by atoms with van der Waals surface area (Å²) in [5.74, 6) is 0. The molecule has 1 N–H and O–H groups in total. The molecule has 3 nitrogen and oxygen atoms in total. The molecule has 2 aliphatic rings. The summed E-state index contributed by atoms with van der Waals surface area (Å²) in [5.41, 5.74) is 3.06. The van der Waals surface area contributed by atoms with E-state index in [9.17, 15) is 0 Å². The van der Waals surface area contributed by atoms with Gasteiger partial charge in [-0.25, -0.2) is 0 Å². The minimum Gasteiger partial charge on any atom is -0.309 e. The largest absolute Gasteiger partial charge is 0.309 e. The smallest absolute Gasteiger partial charge is 0.0452 e. The van der Waals surface area contributed by atoms with E-state index in [4.69, 9.17) is 0 Å². The van der Waals surface area contributed by atoms with Crippen LogP contribution in [0.25, 0.3) is 0 Å². The molecule has 2 aliphatic heterocycles. The molecule has 1 fully saturated rings. The van der Waals surface area contributed by atoms with Crippen LogP contribution in [0.2, 0.25) is 0 Å². The summed E-state index contributed by atoms with van der Waals surface area (Å²) in [5, 5.41) is 3.71. The molecule has 20 heavy (non-hydrogen) atoms. The van der Waals surface area contributed by atoms with E-state index < -0.39 is 0 Å². The van der Waals surface area contributed by atoms with Crippen molar-refractivity contribution in [3.8, 4) is 0 Å². The second-order valence-corrected chi connectivity index (χ2v) is 6.19. The molecule has 0 aliphatic carbocycles. The number of likely N-dealkylation sites (N-methyl/N-ethyl adjacent to an activating group) is 1. The Morgan fingerprint density at radius 2 is 2.10 bits per heavy atom. The zero-order chi connectivity index (χ0) is 13.9. The van der Waals surface area contributed by atoms with Crippen LogP contribution in [0.1, 0.15) is 31.0 Å². The standard InChI is InChI=1S/C17H27N3/c1-3-20-11-10-19(12-14(20)2)13-17-16-7-5-4-6-15(16)8-9-18-17/h4-7,14,17-18H,3,8-13H2,1-2H3. The van der Waals surface area contributed by atoms with Gasteiger partial charge in [-0.2, -0.15) is 0 Å². The van der Waals surface area contributed by atoms with Crippen molar-refractivity contribution >= 4 is 0 Å². The third-order valence-corrected chi connectivity index (χ3v) is 4.91. The van der Waals surface area contributed by atoms with Crippen molar-refractivity contribution in [2.24, 2.45) is 0 Å². The fourth-order valence-electron chi connectivity index (χ4n) is 3.72. The summed E-state index contributed by atoms with van der Waals surface area (Å²) in [6, 6.07) is 10.1. The van der Waals surface area contributed by atoms with Gasteiger partial charge in [0, 0.05) is 38.3 Å². The fourth-order valence-corrected chi connectivity index (χ4v) is 3.72. The van der Waals surface area contributed by atoms with Crippen molar-refractivity contribution in [2.75, 3.05) is 39.3 Å². The van der Waals surface area contributed by atoms with Crippen LogP contribution >= 0.6 is 0 Å². The van der Waals surface area contributed by atoms with Gasteiger partial charge < -0.3 is 5.32 Å². The second kappa shape index (κ2) is 6.25. The molecule has 2 unspecified atom stereocenters. The second-order valence-electron chi connectivity index (χ2n) is 6.19. The lowest BCUT2D eigenvalue weighted by molar-refractivity contribution is 0.0806. The Morgan fingerprint density at radius 1 is 1.25 bits per heavy atom. The van der Waals surface area contributed by atoms with Crippen molar-refractivity contribution in [2.45, 2.75) is 32.4 Å². The summed E-state index contributed by atoms with van der Waals surface area (Å²) in [6.45, 7) is 11.7. The van der Waals surface area contributed by atoms with Crippen LogP contribution in [0.3, 0.4) is 0 Å². The van der Waals surface area contributed by atoms with E-state index in [-0.39, 0.29) is 0 Å². The number of nitrogens with zero attached hydrogens (tertiary/aromatic N) is 2. The quantitative estimate of drug-likeness (QED) is 0.907. The summed E-state index contributed by atoms with van der Waals surface area (Å²) in [4.78, 5) is 5.22. The zero-order valence-electron chi connectivity index (χ0n) is 12.8. The van der Waals surface area contributed by atoms with Crippen molar-refractivity contribution in [1.82, 2.24) is 15.1 Å². The van der Waals surface area contributed by atoms with Gasteiger partial charge in [0.2, 0.25) is 0 Å². The van der Waals surface area contributed by atoms with Crippen LogP contribution in [-0.2, 0) is 6.42 Å². The fraction of sp³-hybridized carbons (Fsp3) is 0.647. The molecule has 0 saturated carbocycles. The van der Waals surface area contributed by atoms with Crippen LogP contribution in [0, 0.1) is 0 Å². The normalized spacial score (nSPS) is 28.3. The summed E-state index contributed by atoms with van der Waals surface area (Å²) < 4.78 is 0. The third kappa shape index (κ3) is 2.90. The highest BCUT2D eigenvalue weighted by Crippen LogP contribution is 2.24. The first-order valence-electron chi connectivity index (χ1n) is 8.05. The first-order chi connectivity index (χ1) is 9.78. The van der Waals surface area contributed by atoms with Crippen LogP contribution < -0.4 is 5.32 Å². The maximum atomic E-state index is 3.71. The minimum atomic E-state index is 0.514. The lowest BCUT2D eigenvalue weighted by Gasteiger charge is -2.41. The average molecular weight is 273 g/mol. The van der Waals surface area contributed by atoms with Gasteiger partial charge in [0.25, 0.3) is 0 Å². The molecule has 3 rings (SSSR count). The van der Waals surface area contributed by atoms with E-state index in [1.54, 1.807) is 0 Å². The van der Waals surface area contributed by atoms with Gasteiger partial charge in [0.1, 0.15) is 0 Å². The van der Waals surface area contributed by atoms with Crippen molar-refractivity contribution < 1.29 is 0 Å². The van der Waals surface area contributed by atoms with E-state index in [1.807, 2.05) is 0 Å². The predicted octanol–water partition coefficient (Wildman–Crippen LogP) is 1.90. The summed E-state index contributed by atoms with van der Waals surface area (Å²) in [6.07, 6.45) is 1.17. The number of rotatable bonds is 3. The number of benzene rings is 1. The molecule has 2 atom stereocenters. The lowest BCUT2D eigenvalue weighted by Crippen LogP contribution is -2.53. The highest BCUT2D eigenvalue weighted by Gasteiger charge is 2.26. The molecule has 1 aromatic rings. The van der Waals surface area contributed by atoms with E-state index in [0.717, 1.165) is 13.1 Å². The molecule has 0 bridgehead atoms. The van der Waals surface area contributed by atoms with Crippen molar-refractivity contribution in [1.29, 1.82) is 0 Å². The Bertz CT molecular complexity index is 446. The molecule has 1 saturated heterocycles. The highest BCUT2D eigenvalue weighted by atomic mass is 15.3. The van der Waals surface area contributed by atoms with Gasteiger partial charge in [-0.3, -0.25) is 9.80 Å². The Balaban J connectivity index is 1.65. The summed E-state index contributed by atoms with van der Waals surface area (Å²) >= 11 is 0. The molecule has 110 valence electrons. The van der Waals surface area contributed by atoms with E-state index in [2.05, 4.69) is 53.2 Å². The van der Waals surface area contributed by atoms with Gasteiger partial charge in [0.15, 0.2) is 0 Å². The van der Waals surface area contributed by atoms with Gasteiger partial charge >= 0.3 is 0 Å². The van der Waals surface area contributed by atoms with Gasteiger partial charge in [-0.05, 0) is 37.6 Å². The topological polar surface area (TPSA) is 18.5 Å². The predicted molar refractivity (Wildman–Crippen MR) is 84.0 cm³/mol. The monoisotopic (exact) mass is 273 g/mol. The maximum Gasteiger partial charge on any atom is 0.0452 e. The van der Waals surface area contributed by atoms with Crippen molar-refractivity contribution in [3.63, 3.8) is 0 Å². The van der Waals surface area contributed by atoms with E-state index >= 15 is 0 Å². The Morgan fingerprint density at radius 3 is 2.90 bits per heavy atom. The number of fused-ring (bicyclic) bond motifs is 1. The van der Waals surface area contributed by atoms with E-state index in [0.29, 0.717) is 12.1 Å². The molecular formula is C17H27N3. The van der Waals surface area contributed by atoms with Gasteiger partial charge in [0.05, 0.1) is 0 Å². The Labute approximate surface area is 123 Å². The Hall–Kier alpha value is -0.900. The Kier molecular flexibility index (Phi) is 4.39. The first kappa shape index (κ1) is 14.1. The van der Waals surface area contributed by atoms with Gasteiger partial charge in [-0.15, -0.1) is 0 Å². The lowest BCUT2D eigenvalue weighted by atomic mass is 9.94. The number of nitrogens with one attached hydrogen (secondary N) is 1. The zero-order valence-corrected chi connectivity index (χ0v) is 12.8. The molecule has 0 aromatic heterocycles. The van der Waals surface area contributed by atoms with Gasteiger partial charge in [-0.1, -0.05) is 31.2 Å². The summed E-state index contributed by atoms with van der Waals surface area (Å²) in [7, 11) is 0. The molecule has 0 amide bonds. The maximum absolute atomic E-state index is 3.71. The van der Waals surface area contributed by atoms with Crippen LogP contribution in [0.4, 0.5) is 0 Å². The molecule has 2 heterocycles.